The fourth-order valence-electron chi connectivity index (χ4n) is 0.772. The summed E-state index contributed by atoms with van der Waals surface area (Å²) >= 11 is 0. The minimum Gasteiger partial charge on any atom is -0.0760 e. The molecule has 0 fully saturated rings. The van der Waals surface area contributed by atoms with Crippen LogP contribution in [0, 0.1) is 6.42 Å². The molecule has 0 heterocycles. The Kier molecular flexibility index (Phi) is 2.90. The number of azide groups is 1. The second kappa shape index (κ2) is 4.25. The Bertz CT molecular complexity index is 249. The normalized spacial score (nSPS) is 8.36. The van der Waals surface area contributed by atoms with Gasteiger partial charge in [0.05, 0.1) is 6.54 Å². The molecule has 0 aromatic heterocycles. The van der Waals surface area contributed by atoms with E-state index in [0.717, 1.165) is 5.56 Å². The molecule has 0 unspecified atom stereocenters. The molecule has 0 saturated carbocycles. The number of nitrogens with zero attached hydrogens (tertiary/aromatic N) is 3. The molecule has 0 radical (unpaired) electrons. The highest BCUT2D eigenvalue weighted by Crippen LogP contribution is 2.01. The molecule has 1 aromatic rings. The van der Waals surface area contributed by atoms with Crippen LogP contribution in [-0.2, 0) is 0 Å². The molecule has 0 aliphatic rings. The van der Waals surface area contributed by atoms with Crippen molar-refractivity contribution in [1.82, 2.24) is 0 Å². The lowest BCUT2D eigenvalue weighted by molar-refractivity contribution is 1.13. The van der Waals surface area contributed by atoms with Crippen molar-refractivity contribution in [2.24, 2.45) is 5.11 Å². The van der Waals surface area contributed by atoms with Gasteiger partial charge in [0.2, 0.25) is 0 Å². The van der Waals surface area contributed by atoms with E-state index in [1.54, 1.807) is 0 Å². The SMILES string of the molecule is [N-]=[N+]=NC[CH+]c1ccccc1. The van der Waals surface area contributed by atoms with Crippen molar-refractivity contribution in [2.45, 2.75) is 0 Å². The maximum absolute atomic E-state index is 7.98. The van der Waals surface area contributed by atoms with E-state index in [9.17, 15) is 0 Å². The lowest BCUT2D eigenvalue weighted by Gasteiger charge is -1.84. The van der Waals surface area contributed by atoms with Crippen LogP contribution in [0.4, 0.5) is 0 Å². The number of benzene rings is 1. The molecule has 0 atom stereocenters. The van der Waals surface area contributed by atoms with Gasteiger partial charge < -0.3 is 0 Å². The molecule has 0 aliphatic heterocycles. The lowest BCUT2D eigenvalue weighted by atomic mass is 10.2. The Morgan fingerprint density at radius 2 is 2.09 bits per heavy atom. The molecule has 3 heteroatoms. The van der Waals surface area contributed by atoms with E-state index >= 15 is 0 Å². The Hall–Kier alpha value is -1.60. The molecular weight excluding hydrogens is 138 g/mol. The second-order valence-electron chi connectivity index (χ2n) is 2.03. The monoisotopic (exact) mass is 146 g/mol. The molecule has 0 bridgehead atoms. The zero-order chi connectivity index (χ0) is 7.94. The van der Waals surface area contributed by atoms with E-state index in [2.05, 4.69) is 10.0 Å². The molecule has 11 heavy (non-hydrogen) atoms. The summed E-state index contributed by atoms with van der Waals surface area (Å²) < 4.78 is 0. The van der Waals surface area contributed by atoms with Crippen LogP contribution >= 0.6 is 0 Å². The van der Waals surface area contributed by atoms with Crippen LogP contribution in [0.15, 0.2) is 35.4 Å². The first-order valence-electron chi connectivity index (χ1n) is 3.32. The standard InChI is InChI=1S/C8H8N3/c9-11-10-7-6-8-4-2-1-3-5-8/h1-6H,7H2/q+1. The van der Waals surface area contributed by atoms with Gasteiger partial charge in [-0.1, -0.05) is 5.11 Å². The summed E-state index contributed by atoms with van der Waals surface area (Å²) in [5.74, 6) is 0. The summed E-state index contributed by atoms with van der Waals surface area (Å²) in [5.41, 5.74) is 9.07. The molecular formula is C8H8N3+. The summed E-state index contributed by atoms with van der Waals surface area (Å²) in [6.07, 6.45) is 1.87. The van der Waals surface area contributed by atoms with Gasteiger partial charge in [0.1, 0.15) is 5.56 Å². The van der Waals surface area contributed by atoms with Crippen molar-refractivity contribution >= 4 is 0 Å². The predicted octanol–water partition coefficient (Wildman–Crippen LogP) is 2.55. The van der Waals surface area contributed by atoms with Crippen LogP contribution in [0.2, 0.25) is 0 Å². The number of rotatable bonds is 3. The van der Waals surface area contributed by atoms with Gasteiger partial charge >= 0.3 is 0 Å². The Morgan fingerprint density at radius 1 is 1.36 bits per heavy atom. The van der Waals surface area contributed by atoms with Crippen molar-refractivity contribution in [3.8, 4) is 0 Å². The van der Waals surface area contributed by atoms with E-state index in [-0.39, 0.29) is 0 Å². The quantitative estimate of drug-likeness (QED) is 0.272. The molecule has 3 nitrogen and oxygen atoms in total. The van der Waals surface area contributed by atoms with Gasteiger partial charge in [0.15, 0.2) is 0 Å². The van der Waals surface area contributed by atoms with Gasteiger partial charge in [-0.3, -0.25) is 0 Å². The smallest absolute Gasteiger partial charge is 0.0760 e. The third-order valence-electron chi connectivity index (χ3n) is 1.27. The highest BCUT2D eigenvalue weighted by Gasteiger charge is 1.96. The Balaban J connectivity index is 2.45. The van der Waals surface area contributed by atoms with Crippen molar-refractivity contribution in [2.75, 3.05) is 6.54 Å². The van der Waals surface area contributed by atoms with Crippen molar-refractivity contribution in [1.29, 1.82) is 0 Å². The third kappa shape index (κ3) is 2.65. The fourth-order valence-corrected chi connectivity index (χ4v) is 0.772. The minimum atomic E-state index is 0.417. The average molecular weight is 146 g/mol. The highest BCUT2D eigenvalue weighted by molar-refractivity contribution is 5.22. The maximum atomic E-state index is 7.98. The van der Waals surface area contributed by atoms with E-state index in [1.807, 2.05) is 36.8 Å². The third-order valence-corrected chi connectivity index (χ3v) is 1.27. The molecule has 1 rings (SSSR count). The molecule has 1 aromatic carbocycles. The van der Waals surface area contributed by atoms with E-state index < -0.39 is 0 Å². The first-order valence-corrected chi connectivity index (χ1v) is 3.32. The summed E-state index contributed by atoms with van der Waals surface area (Å²) in [7, 11) is 0. The maximum Gasteiger partial charge on any atom is 0.129 e. The molecule has 0 amide bonds. The van der Waals surface area contributed by atoms with Crippen LogP contribution in [0.25, 0.3) is 10.4 Å². The topological polar surface area (TPSA) is 48.8 Å². The number of hydrogen-bond donors (Lipinski definition) is 0. The van der Waals surface area contributed by atoms with Crippen LogP contribution in [0.1, 0.15) is 5.56 Å². The van der Waals surface area contributed by atoms with E-state index in [4.69, 9.17) is 5.53 Å². The Labute approximate surface area is 65.3 Å². The summed E-state index contributed by atoms with van der Waals surface area (Å²) in [4.78, 5) is 2.64. The van der Waals surface area contributed by atoms with Crippen molar-refractivity contribution in [3.05, 3.63) is 52.8 Å². The van der Waals surface area contributed by atoms with Crippen molar-refractivity contribution in [3.63, 3.8) is 0 Å². The molecule has 0 saturated heterocycles. The number of hydrogen-bond acceptors (Lipinski definition) is 1. The van der Waals surface area contributed by atoms with Crippen LogP contribution in [-0.4, -0.2) is 6.54 Å². The molecule has 0 aliphatic carbocycles. The molecule has 0 N–H and O–H groups in total. The predicted molar refractivity (Wildman–Crippen MR) is 43.9 cm³/mol. The van der Waals surface area contributed by atoms with Gasteiger partial charge in [0.25, 0.3) is 0 Å². The van der Waals surface area contributed by atoms with E-state index in [0.29, 0.717) is 6.54 Å². The van der Waals surface area contributed by atoms with Crippen LogP contribution in [0.3, 0.4) is 0 Å². The lowest BCUT2D eigenvalue weighted by Crippen LogP contribution is -1.82. The van der Waals surface area contributed by atoms with Crippen LogP contribution in [0.5, 0.6) is 0 Å². The minimum absolute atomic E-state index is 0.417. The average Bonchev–Trinajstić information content (AvgIpc) is 2.07. The van der Waals surface area contributed by atoms with Gasteiger partial charge in [-0.25, -0.2) is 0 Å². The van der Waals surface area contributed by atoms with Gasteiger partial charge in [-0.15, -0.1) is 0 Å². The van der Waals surface area contributed by atoms with Gasteiger partial charge in [-0.05, 0) is 23.7 Å². The highest BCUT2D eigenvalue weighted by atomic mass is 15.1. The summed E-state index contributed by atoms with van der Waals surface area (Å²) in [5, 5.41) is 3.39. The largest absolute Gasteiger partial charge is 0.129 e. The zero-order valence-corrected chi connectivity index (χ0v) is 6.01. The van der Waals surface area contributed by atoms with Crippen LogP contribution < -0.4 is 0 Å². The first-order chi connectivity index (χ1) is 5.43. The van der Waals surface area contributed by atoms with Crippen molar-refractivity contribution < 1.29 is 0 Å². The van der Waals surface area contributed by atoms with Gasteiger partial charge in [0, 0.05) is 23.5 Å². The molecule has 54 valence electrons. The fraction of sp³-hybridized carbons (Fsp3) is 0.125. The zero-order valence-electron chi connectivity index (χ0n) is 6.01. The second-order valence-corrected chi connectivity index (χ2v) is 2.03. The van der Waals surface area contributed by atoms with Gasteiger partial charge in [-0.2, -0.15) is 0 Å². The summed E-state index contributed by atoms with van der Waals surface area (Å²) in [6, 6.07) is 9.77. The van der Waals surface area contributed by atoms with E-state index in [1.165, 1.54) is 0 Å². The Morgan fingerprint density at radius 3 is 2.73 bits per heavy atom. The molecule has 0 spiro atoms. The first kappa shape index (κ1) is 7.51. The summed E-state index contributed by atoms with van der Waals surface area (Å²) in [6.45, 7) is 0.417.